The summed E-state index contributed by atoms with van der Waals surface area (Å²) in [6, 6.07) is -34.6. The maximum Gasteiger partial charge on any atom is 0.136 e. The van der Waals surface area contributed by atoms with Gasteiger partial charge in [0.15, 0.2) is 0 Å². The van der Waals surface area contributed by atoms with E-state index in [0.29, 0.717) is 0 Å². The molecule has 0 unspecified atom stereocenters. The molecule has 1 aromatic heterocycles. The first kappa shape index (κ1) is 11.4. The fourth-order valence-electron chi connectivity index (χ4n) is 5.95. The minimum atomic E-state index is -1.33. The van der Waals surface area contributed by atoms with E-state index in [1.165, 1.54) is 0 Å². The predicted molar refractivity (Wildman–Crippen MR) is 216 cm³/mol. The van der Waals surface area contributed by atoms with Crippen LogP contribution in [0.1, 0.15) is 43.9 Å². The monoisotopic (exact) mass is 680 g/mol. The smallest absolute Gasteiger partial charge is 0.136 e. The van der Waals surface area contributed by atoms with Gasteiger partial charge >= 0.3 is 0 Å². The minimum absolute atomic E-state index is 0.501. The van der Waals surface area contributed by atoms with Crippen LogP contribution in [0, 0.1) is 0 Å². The van der Waals surface area contributed by atoms with E-state index in [9.17, 15) is 17.8 Å². The zero-order valence-electron chi connectivity index (χ0n) is 57.4. The molecule has 0 N–H and O–H groups in total. The third kappa shape index (κ3) is 4.86. The Morgan fingerprint density at radius 1 is 0.275 bits per heavy atom. The third-order valence-corrected chi connectivity index (χ3v) is 8.01. The lowest BCUT2D eigenvalue weighted by atomic mass is 9.81. The van der Waals surface area contributed by atoms with Crippen LogP contribution in [0.4, 0.5) is 0 Å². The summed E-state index contributed by atoms with van der Waals surface area (Å²) >= 11 is 0. The van der Waals surface area contributed by atoms with Crippen LogP contribution in [-0.2, 0) is 0 Å². The second-order valence-corrected chi connectivity index (χ2v) is 10.8. The highest BCUT2D eigenvalue weighted by Crippen LogP contribution is 2.48. The normalized spacial score (nSPS) is 20.3. The van der Waals surface area contributed by atoms with Crippen LogP contribution in [0.2, 0.25) is 0 Å². The Morgan fingerprint density at radius 2 is 0.686 bits per heavy atom. The summed E-state index contributed by atoms with van der Waals surface area (Å²) in [6.45, 7) is 0. The molecule has 1 heteroatoms. The van der Waals surface area contributed by atoms with Gasteiger partial charge in [-0.3, -0.25) is 0 Å². The summed E-state index contributed by atoms with van der Waals surface area (Å²) < 4.78 is 298. The van der Waals surface area contributed by atoms with Crippen molar-refractivity contribution in [1.29, 1.82) is 0 Å². The first-order chi connectivity index (χ1) is 38.6. The van der Waals surface area contributed by atoms with E-state index in [4.69, 9.17) is 30.5 Å². The van der Waals surface area contributed by atoms with E-state index in [1.54, 1.807) is 0 Å². The number of hydrogen-bond donors (Lipinski definition) is 0. The van der Waals surface area contributed by atoms with Gasteiger partial charge in [0, 0.05) is 10.8 Å². The van der Waals surface area contributed by atoms with Crippen molar-refractivity contribution in [2.45, 2.75) is 0 Å². The summed E-state index contributed by atoms with van der Waals surface area (Å²) in [4.78, 5) is 0. The number of furan rings is 1. The fourth-order valence-corrected chi connectivity index (χ4v) is 5.95. The first-order valence-corrected chi connectivity index (χ1v) is 14.9. The Balaban J connectivity index is 1.63. The highest BCUT2D eigenvalue weighted by Gasteiger charge is 2.22. The quantitative estimate of drug-likeness (QED) is 0.165. The molecule has 0 saturated carbocycles. The second-order valence-electron chi connectivity index (χ2n) is 10.8. The van der Waals surface area contributed by atoms with Crippen molar-refractivity contribution >= 4 is 43.5 Å². The van der Waals surface area contributed by atoms with E-state index in [0.717, 1.165) is 0 Å². The largest absolute Gasteiger partial charge is 0.456 e. The highest BCUT2D eigenvalue weighted by atomic mass is 16.3. The molecule has 238 valence electrons. The van der Waals surface area contributed by atoms with E-state index in [2.05, 4.69) is 0 Å². The average Bonchev–Trinajstić information content (AvgIpc) is 1.15. The van der Waals surface area contributed by atoms with Gasteiger partial charge in [-0.25, -0.2) is 0 Å². The molecule has 0 aliphatic heterocycles. The van der Waals surface area contributed by atoms with Crippen LogP contribution in [0.15, 0.2) is 198 Å². The molecule has 0 bridgehead atoms. The Morgan fingerprint density at radius 3 is 1.22 bits per heavy atom. The first-order valence-electron chi connectivity index (χ1n) is 30.9. The third-order valence-electron chi connectivity index (χ3n) is 8.01. The van der Waals surface area contributed by atoms with Crippen LogP contribution >= 0.6 is 0 Å². The van der Waals surface area contributed by atoms with Crippen molar-refractivity contribution in [1.82, 2.24) is 0 Å². The Labute approximate surface area is 341 Å². The van der Waals surface area contributed by atoms with E-state index >= 15 is 0 Å². The lowest BCUT2D eigenvalue weighted by Crippen LogP contribution is -1.95. The molecule has 10 aromatic rings. The van der Waals surface area contributed by atoms with Crippen molar-refractivity contribution in [2.75, 3.05) is 0 Å². The average molecular weight is 681 g/mol. The Hall–Kier alpha value is -6.70. The molecular weight excluding hydrogens is 617 g/mol. The number of hydrogen-bond acceptors (Lipinski definition) is 1. The maximum absolute atomic E-state index is 10.5. The summed E-state index contributed by atoms with van der Waals surface area (Å²) in [5.41, 5.74) is -11.7. The van der Waals surface area contributed by atoms with E-state index in [1.807, 2.05) is 0 Å². The van der Waals surface area contributed by atoms with E-state index < -0.39 is 292 Å². The number of benzene rings is 9. The fraction of sp³-hybridized carbons (Fsp3) is 0. The highest BCUT2D eigenvalue weighted by molar-refractivity contribution is 6.22. The van der Waals surface area contributed by atoms with Crippen molar-refractivity contribution in [2.24, 2.45) is 0 Å². The standard InChI is InChI=1S/C50H32O/c1-4-16-33(17-5-1)44-30-37(50-42-25-12-10-23-40(42)48(35-20-8-3-9-21-35)41-24-11-13-26-43(41)50)31-45(34-18-6-2-7-19-34)49(44)36-28-29-39-38-22-14-15-27-46(38)51-47(39)32-36/h1-32H/i1D,2D,3D,4D,5D,6D,7D,8D,9D,10D,11D,12D,13D,14D,15D,16D,17D,18D,19D,20D,21D,22D,23D,24D,25D,26D,27D,28D,29D,30D,31D,32D. The summed E-state index contributed by atoms with van der Waals surface area (Å²) in [5, 5.41) is -4.67. The maximum atomic E-state index is 10.5. The number of para-hydroxylation sites is 1. The minimum Gasteiger partial charge on any atom is -0.456 e. The Bertz CT molecular complexity index is 4490. The molecule has 0 amide bonds. The number of fused-ring (bicyclic) bond motifs is 5. The van der Waals surface area contributed by atoms with Gasteiger partial charge in [0.2, 0.25) is 0 Å². The summed E-state index contributed by atoms with van der Waals surface area (Å²) in [7, 11) is 0. The van der Waals surface area contributed by atoms with Crippen LogP contribution in [0.3, 0.4) is 0 Å². The second kappa shape index (κ2) is 12.0. The van der Waals surface area contributed by atoms with Gasteiger partial charge in [-0.1, -0.05) is 163 Å². The van der Waals surface area contributed by atoms with Crippen LogP contribution in [-0.4, -0.2) is 0 Å². The zero-order valence-corrected chi connectivity index (χ0v) is 25.4. The van der Waals surface area contributed by atoms with Crippen LogP contribution in [0.25, 0.3) is 99.1 Å². The van der Waals surface area contributed by atoms with Gasteiger partial charge in [-0.15, -0.1) is 0 Å². The zero-order chi connectivity index (χ0) is 61.6. The molecule has 1 heterocycles. The molecule has 0 atom stereocenters. The number of rotatable bonds is 5. The van der Waals surface area contributed by atoms with Crippen molar-refractivity contribution in [3.63, 3.8) is 0 Å². The van der Waals surface area contributed by atoms with Gasteiger partial charge in [0.1, 0.15) is 11.2 Å². The molecular formula is C50H32O. The molecule has 0 radical (unpaired) electrons. The lowest BCUT2D eigenvalue weighted by molar-refractivity contribution is 0.669. The molecule has 10 rings (SSSR count). The molecule has 0 aliphatic rings. The molecule has 1 nitrogen and oxygen atoms in total. The molecule has 0 spiro atoms. The molecule has 0 aliphatic carbocycles. The van der Waals surface area contributed by atoms with Crippen molar-refractivity contribution in [3.8, 4) is 55.6 Å². The molecule has 0 fully saturated rings. The van der Waals surface area contributed by atoms with Crippen molar-refractivity contribution < 1.29 is 48.3 Å². The van der Waals surface area contributed by atoms with Gasteiger partial charge in [0.05, 0.1) is 43.9 Å². The summed E-state index contributed by atoms with van der Waals surface area (Å²) in [6.07, 6.45) is 0. The predicted octanol–water partition coefficient (Wildman–Crippen LogP) is 14.2. The van der Waals surface area contributed by atoms with Gasteiger partial charge < -0.3 is 4.42 Å². The summed E-state index contributed by atoms with van der Waals surface area (Å²) in [5.74, 6) is 0. The van der Waals surface area contributed by atoms with Gasteiger partial charge in [-0.05, 0) is 107 Å². The van der Waals surface area contributed by atoms with E-state index in [-0.39, 0.29) is 0 Å². The molecule has 0 saturated heterocycles. The van der Waals surface area contributed by atoms with Crippen LogP contribution in [0.5, 0.6) is 0 Å². The van der Waals surface area contributed by atoms with Crippen LogP contribution < -0.4 is 0 Å². The molecule has 9 aromatic carbocycles. The molecule has 51 heavy (non-hydrogen) atoms. The van der Waals surface area contributed by atoms with Gasteiger partial charge in [0.25, 0.3) is 0 Å². The SMILES string of the molecule is [2H]c1c([2H])c([2H])c(-c2c([2H])c(-c3c4c([2H])c([2H])c([2H])c([2H])c4c(-c4c([2H])c([2H])c([2H])c([2H])c4[2H])c4c([2H])c([2H])c([2H])c([2H])c34)c([2H])c(-c3c([2H])c([2H])c([2H])c([2H])c3[2H])c2-c2c([2H])c([2H])c3c(oc4c([2H])c([2H])c([2H])c([2H])c43)c2[2H])c([2H])c1[2H]. The topological polar surface area (TPSA) is 13.1 Å². The Kier molecular flexibility index (Phi) is 2.69. The van der Waals surface area contributed by atoms with Gasteiger partial charge in [-0.2, -0.15) is 0 Å². The lowest BCUT2D eigenvalue weighted by Gasteiger charge is -2.22. The van der Waals surface area contributed by atoms with Crippen molar-refractivity contribution in [3.05, 3.63) is 193 Å².